The molecule has 0 spiro atoms. The van der Waals surface area contributed by atoms with E-state index in [1.165, 1.54) is 16.2 Å². The van der Waals surface area contributed by atoms with Crippen LogP contribution in [0.5, 0.6) is 0 Å². The number of aromatic nitrogens is 1. The second-order valence-electron chi connectivity index (χ2n) is 3.14. The van der Waals surface area contributed by atoms with E-state index >= 15 is 0 Å². The summed E-state index contributed by atoms with van der Waals surface area (Å²) in [5, 5.41) is 4.32. The molecule has 0 bridgehead atoms. The SMILES string of the molecule is CSc1cccc(NCc2ncc(Cl)s2)c1. The summed E-state index contributed by atoms with van der Waals surface area (Å²) in [5.74, 6) is 0. The molecular weight excluding hydrogens is 260 g/mol. The number of rotatable bonds is 4. The largest absolute Gasteiger partial charge is 0.378 e. The molecule has 0 unspecified atom stereocenters. The maximum absolute atomic E-state index is 5.81. The third-order valence-corrected chi connectivity index (χ3v) is 3.88. The van der Waals surface area contributed by atoms with Crippen molar-refractivity contribution in [3.8, 4) is 0 Å². The molecule has 1 heterocycles. The molecule has 5 heteroatoms. The molecule has 0 aliphatic heterocycles. The van der Waals surface area contributed by atoms with Crippen LogP contribution >= 0.6 is 34.7 Å². The zero-order valence-electron chi connectivity index (χ0n) is 8.74. The topological polar surface area (TPSA) is 24.9 Å². The van der Waals surface area contributed by atoms with Crippen molar-refractivity contribution in [2.45, 2.75) is 11.4 Å². The summed E-state index contributed by atoms with van der Waals surface area (Å²) in [6, 6.07) is 8.31. The molecule has 0 atom stereocenters. The van der Waals surface area contributed by atoms with E-state index < -0.39 is 0 Å². The predicted molar refractivity (Wildman–Crippen MR) is 72.7 cm³/mol. The molecule has 84 valence electrons. The molecule has 0 radical (unpaired) electrons. The molecule has 16 heavy (non-hydrogen) atoms. The molecule has 1 N–H and O–H groups in total. The van der Waals surface area contributed by atoms with E-state index in [1.807, 2.05) is 6.07 Å². The van der Waals surface area contributed by atoms with Gasteiger partial charge in [0.2, 0.25) is 0 Å². The Morgan fingerprint density at radius 2 is 2.38 bits per heavy atom. The Morgan fingerprint density at radius 3 is 3.06 bits per heavy atom. The molecule has 0 aliphatic carbocycles. The summed E-state index contributed by atoms with van der Waals surface area (Å²) in [5.41, 5.74) is 1.11. The molecule has 2 aromatic rings. The average Bonchev–Trinajstić information content (AvgIpc) is 2.73. The molecule has 2 rings (SSSR count). The van der Waals surface area contributed by atoms with Crippen LogP contribution in [0.1, 0.15) is 5.01 Å². The van der Waals surface area contributed by atoms with Gasteiger partial charge in [-0.2, -0.15) is 0 Å². The molecule has 0 amide bonds. The van der Waals surface area contributed by atoms with Crippen molar-refractivity contribution in [2.75, 3.05) is 11.6 Å². The van der Waals surface area contributed by atoms with Gasteiger partial charge in [0, 0.05) is 10.6 Å². The average molecular weight is 271 g/mol. The summed E-state index contributed by atoms with van der Waals surface area (Å²) < 4.78 is 0.731. The van der Waals surface area contributed by atoms with Crippen LogP contribution in [0, 0.1) is 0 Å². The molecule has 1 aromatic carbocycles. The van der Waals surface area contributed by atoms with Crippen LogP contribution in [0.25, 0.3) is 0 Å². The fourth-order valence-corrected chi connectivity index (χ4v) is 2.64. The van der Waals surface area contributed by atoms with E-state index in [1.54, 1.807) is 18.0 Å². The molecule has 0 fully saturated rings. The molecule has 0 saturated heterocycles. The lowest BCUT2D eigenvalue weighted by atomic mass is 10.3. The van der Waals surface area contributed by atoms with E-state index in [0.29, 0.717) is 0 Å². The van der Waals surface area contributed by atoms with Gasteiger partial charge in [-0.05, 0) is 24.5 Å². The second kappa shape index (κ2) is 5.57. The predicted octanol–water partition coefficient (Wildman–Crippen LogP) is 4.13. The minimum Gasteiger partial charge on any atom is -0.378 e. The van der Waals surface area contributed by atoms with E-state index in [-0.39, 0.29) is 0 Å². The zero-order chi connectivity index (χ0) is 11.4. The van der Waals surface area contributed by atoms with Crippen molar-refractivity contribution in [3.05, 3.63) is 39.8 Å². The van der Waals surface area contributed by atoms with Crippen molar-refractivity contribution in [3.63, 3.8) is 0 Å². The maximum atomic E-state index is 5.81. The summed E-state index contributed by atoms with van der Waals surface area (Å²) in [4.78, 5) is 5.44. The van der Waals surface area contributed by atoms with Gasteiger partial charge < -0.3 is 5.32 Å². The van der Waals surface area contributed by atoms with Gasteiger partial charge in [0.25, 0.3) is 0 Å². The Labute approximate surface area is 108 Å². The fraction of sp³-hybridized carbons (Fsp3) is 0.182. The van der Waals surface area contributed by atoms with Crippen molar-refractivity contribution in [1.29, 1.82) is 0 Å². The van der Waals surface area contributed by atoms with Crippen molar-refractivity contribution in [1.82, 2.24) is 4.98 Å². The first kappa shape index (κ1) is 11.8. The van der Waals surface area contributed by atoms with Crippen LogP contribution in [0.4, 0.5) is 5.69 Å². The Morgan fingerprint density at radius 1 is 1.50 bits per heavy atom. The lowest BCUT2D eigenvalue weighted by molar-refractivity contribution is 1.10. The van der Waals surface area contributed by atoms with E-state index in [4.69, 9.17) is 11.6 Å². The molecule has 2 nitrogen and oxygen atoms in total. The zero-order valence-corrected chi connectivity index (χ0v) is 11.1. The van der Waals surface area contributed by atoms with Crippen LogP contribution in [0.15, 0.2) is 35.4 Å². The fourth-order valence-electron chi connectivity index (χ4n) is 1.28. The molecular formula is C11H11ClN2S2. The summed E-state index contributed by atoms with van der Waals surface area (Å²) in [7, 11) is 0. The minimum atomic E-state index is 0.717. The van der Waals surface area contributed by atoms with Gasteiger partial charge in [-0.3, -0.25) is 0 Å². The molecule has 0 aliphatic rings. The molecule has 0 saturated carbocycles. The highest BCUT2D eigenvalue weighted by Gasteiger charge is 2.00. The third-order valence-electron chi connectivity index (χ3n) is 2.04. The maximum Gasteiger partial charge on any atom is 0.113 e. The number of benzene rings is 1. The van der Waals surface area contributed by atoms with E-state index in [9.17, 15) is 0 Å². The van der Waals surface area contributed by atoms with Crippen LogP contribution in [0.3, 0.4) is 0 Å². The summed E-state index contributed by atoms with van der Waals surface area (Å²) in [6.45, 7) is 0.717. The Kier molecular flexibility index (Phi) is 4.09. The third kappa shape index (κ3) is 3.14. The Balaban J connectivity index is 1.99. The van der Waals surface area contributed by atoms with Gasteiger partial charge in [0.1, 0.15) is 9.34 Å². The first-order valence-electron chi connectivity index (χ1n) is 4.76. The van der Waals surface area contributed by atoms with Gasteiger partial charge in [-0.25, -0.2) is 4.98 Å². The number of thiazole rings is 1. The number of anilines is 1. The van der Waals surface area contributed by atoms with Crippen LogP contribution in [-0.2, 0) is 6.54 Å². The summed E-state index contributed by atoms with van der Waals surface area (Å²) in [6.07, 6.45) is 3.75. The minimum absolute atomic E-state index is 0.717. The van der Waals surface area contributed by atoms with Crippen molar-refractivity contribution in [2.24, 2.45) is 0 Å². The smallest absolute Gasteiger partial charge is 0.113 e. The highest BCUT2D eigenvalue weighted by Crippen LogP contribution is 2.21. The number of hydrogen-bond acceptors (Lipinski definition) is 4. The first-order valence-corrected chi connectivity index (χ1v) is 7.18. The normalized spacial score (nSPS) is 10.4. The number of thioether (sulfide) groups is 1. The van der Waals surface area contributed by atoms with E-state index in [2.05, 4.69) is 34.8 Å². The standard InChI is InChI=1S/C11H11ClN2S2/c1-15-9-4-2-3-8(5-9)13-7-11-14-6-10(12)16-11/h2-6,13H,7H2,1H3. The van der Waals surface area contributed by atoms with E-state index in [0.717, 1.165) is 21.6 Å². The van der Waals surface area contributed by atoms with Gasteiger partial charge in [0.15, 0.2) is 0 Å². The first-order chi connectivity index (χ1) is 7.78. The molecule has 1 aromatic heterocycles. The van der Waals surface area contributed by atoms with Crippen molar-refractivity contribution >= 4 is 40.4 Å². The number of nitrogens with zero attached hydrogens (tertiary/aromatic N) is 1. The lowest BCUT2D eigenvalue weighted by Crippen LogP contribution is -1.98. The monoisotopic (exact) mass is 270 g/mol. The van der Waals surface area contributed by atoms with Gasteiger partial charge >= 0.3 is 0 Å². The van der Waals surface area contributed by atoms with Crippen molar-refractivity contribution < 1.29 is 0 Å². The number of nitrogens with one attached hydrogen (secondary N) is 1. The summed E-state index contributed by atoms with van der Waals surface area (Å²) >= 11 is 9.05. The second-order valence-corrected chi connectivity index (χ2v) is 5.77. The van der Waals surface area contributed by atoms with Gasteiger partial charge in [-0.1, -0.05) is 17.7 Å². The quantitative estimate of drug-likeness (QED) is 0.846. The Bertz CT molecular complexity index is 471. The number of hydrogen-bond donors (Lipinski definition) is 1. The van der Waals surface area contributed by atoms with Crippen LogP contribution in [0.2, 0.25) is 4.34 Å². The van der Waals surface area contributed by atoms with Crippen LogP contribution < -0.4 is 5.32 Å². The lowest BCUT2D eigenvalue weighted by Gasteiger charge is -2.05. The van der Waals surface area contributed by atoms with Gasteiger partial charge in [-0.15, -0.1) is 23.1 Å². The van der Waals surface area contributed by atoms with Gasteiger partial charge in [0.05, 0.1) is 12.7 Å². The van der Waals surface area contributed by atoms with Crippen LogP contribution in [-0.4, -0.2) is 11.2 Å². The highest BCUT2D eigenvalue weighted by atomic mass is 35.5. The number of halogens is 1. The highest BCUT2D eigenvalue weighted by molar-refractivity contribution is 7.98. The Hall–Kier alpha value is -0.710.